The minimum atomic E-state index is -0.504. The van der Waals surface area contributed by atoms with E-state index in [0.29, 0.717) is 18.7 Å². The summed E-state index contributed by atoms with van der Waals surface area (Å²) in [5, 5.41) is 3.79. The van der Waals surface area contributed by atoms with Crippen LogP contribution in [0.5, 0.6) is 0 Å². The molecule has 3 heterocycles. The molecule has 2 fully saturated rings. The Bertz CT molecular complexity index is 639. The van der Waals surface area contributed by atoms with Gasteiger partial charge in [0.25, 0.3) is 5.91 Å². The van der Waals surface area contributed by atoms with Crippen LogP contribution in [0.3, 0.4) is 0 Å². The highest BCUT2D eigenvalue weighted by Gasteiger charge is 2.58. The molecule has 0 aromatic carbocycles. The Morgan fingerprint density at radius 2 is 2.22 bits per heavy atom. The molecule has 2 aliphatic heterocycles. The molecule has 23 heavy (non-hydrogen) atoms. The van der Waals surface area contributed by atoms with Crippen LogP contribution in [0.4, 0.5) is 0 Å². The maximum Gasteiger partial charge on any atom is 0.293 e. The first kappa shape index (κ1) is 16.0. The van der Waals surface area contributed by atoms with Gasteiger partial charge in [-0.2, -0.15) is 0 Å². The van der Waals surface area contributed by atoms with Crippen molar-refractivity contribution in [2.45, 2.75) is 63.7 Å². The van der Waals surface area contributed by atoms with E-state index in [2.05, 4.69) is 5.16 Å². The van der Waals surface area contributed by atoms with Crippen LogP contribution in [0.25, 0.3) is 0 Å². The standard InChI is InChI=1S/C16H23N3O4/c1-10-7-11(23-18-10)14(21)19-6-4-5-16(19)9-15(2,3)22-12(16)8-13(17)20/h7,12H,4-6,8-9H2,1-3H3,(H2,17,20)/t12-,16+/m0/s1. The average Bonchev–Trinajstić information content (AvgIpc) is 3.08. The van der Waals surface area contributed by atoms with Crippen molar-refractivity contribution >= 4 is 11.8 Å². The van der Waals surface area contributed by atoms with Crippen molar-refractivity contribution in [2.24, 2.45) is 5.73 Å². The van der Waals surface area contributed by atoms with Crippen LogP contribution in [0, 0.1) is 6.92 Å². The molecule has 1 spiro atoms. The summed E-state index contributed by atoms with van der Waals surface area (Å²) in [6, 6.07) is 1.64. The lowest BCUT2D eigenvalue weighted by Crippen LogP contribution is -2.53. The SMILES string of the molecule is Cc1cc(C(=O)N2CCC[C@]23CC(C)(C)O[C@H]3CC(N)=O)on1. The predicted molar refractivity (Wildman–Crippen MR) is 81.6 cm³/mol. The normalized spacial score (nSPS) is 29.3. The van der Waals surface area contributed by atoms with E-state index in [4.69, 9.17) is 15.0 Å². The van der Waals surface area contributed by atoms with Crippen LogP contribution in [0.2, 0.25) is 0 Å². The summed E-state index contributed by atoms with van der Waals surface area (Å²) in [6.45, 7) is 6.36. The van der Waals surface area contributed by atoms with Gasteiger partial charge in [-0.25, -0.2) is 0 Å². The third-order valence-corrected chi connectivity index (χ3v) is 4.79. The molecular weight excluding hydrogens is 298 g/mol. The number of primary amides is 1. The van der Waals surface area contributed by atoms with E-state index in [1.165, 1.54) is 0 Å². The Morgan fingerprint density at radius 3 is 2.83 bits per heavy atom. The molecule has 0 unspecified atom stereocenters. The maximum atomic E-state index is 12.9. The Hall–Kier alpha value is -1.89. The highest BCUT2D eigenvalue weighted by atomic mass is 16.5. The molecule has 0 bridgehead atoms. The summed E-state index contributed by atoms with van der Waals surface area (Å²) in [4.78, 5) is 26.2. The molecule has 3 rings (SSSR count). The number of carbonyl (C=O) groups excluding carboxylic acids is 2. The molecule has 126 valence electrons. The molecule has 7 nitrogen and oxygen atoms in total. The smallest absolute Gasteiger partial charge is 0.293 e. The monoisotopic (exact) mass is 321 g/mol. The fourth-order valence-electron chi connectivity index (χ4n) is 4.12. The van der Waals surface area contributed by atoms with E-state index in [1.54, 1.807) is 17.9 Å². The molecule has 2 saturated heterocycles. The van der Waals surface area contributed by atoms with Crippen molar-refractivity contribution in [2.75, 3.05) is 6.54 Å². The molecule has 1 aromatic heterocycles. The second kappa shape index (κ2) is 5.33. The number of ether oxygens (including phenoxy) is 1. The second-order valence-electron chi connectivity index (χ2n) is 7.21. The van der Waals surface area contributed by atoms with Crippen LogP contribution in [-0.4, -0.2) is 45.7 Å². The van der Waals surface area contributed by atoms with Crippen molar-refractivity contribution in [1.29, 1.82) is 0 Å². The van der Waals surface area contributed by atoms with Gasteiger partial charge >= 0.3 is 0 Å². The highest BCUT2D eigenvalue weighted by Crippen LogP contribution is 2.49. The zero-order valence-corrected chi connectivity index (χ0v) is 13.8. The van der Waals surface area contributed by atoms with Crippen molar-refractivity contribution in [3.05, 3.63) is 17.5 Å². The zero-order chi connectivity index (χ0) is 16.8. The van der Waals surface area contributed by atoms with Gasteiger partial charge in [0.1, 0.15) is 0 Å². The first-order valence-electron chi connectivity index (χ1n) is 7.95. The molecular formula is C16H23N3O4. The molecule has 2 amide bonds. The Balaban J connectivity index is 1.94. The first-order chi connectivity index (χ1) is 10.7. The first-order valence-corrected chi connectivity index (χ1v) is 7.95. The number of rotatable bonds is 3. The van der Waals surface area contributed by atoms with Gasteiger partial charge in [0.15, 0.2) is 0 Å². The number of likely N-dealkylation sites (tertiary alicyclic amines) is 1. The van der Waals surface area contributed by atoms with Crippen LogP contribution in [0.15, 0.2) is 10.6 Å². The van der Waals surface area contributed by atoms with Crippen LogP contribution in [-0.2, 0) is 9.53 Å². The van der Waals surface area contributed by atoms with E-state index in [-0.39, 0.29) is 24.2 Å². The summed E-state index contributed by atoms with van der Waals surface area (Å²) >= 11 is 0. The van der Waals surface area contributed by atoms with E-state index >= 15 is 0 Å². The second-order valence-corrected chi connectivity index (χ2v) is 7.21. The number of carbonyl (C=O) groups is 2. The largest absolute Gasteiger partial charge is 0.370 e. The van der Waals surface area contributed by atoms with Crippen LogP contribution < -0.4 is 5.73 Å². The average molecular weight is 321 g/mol. The summed E-state index contributed by atoms with van der Waals surface area (Å²) in [7, 11) is 0. The molecule has 0 aliphatic carbocycles. The third-order valence-electron chi connectivity index (χ3n) is 4.79. The van der Waals surface area contributed by atoms with Gasteiger partial charge in [-0.3, -0.25) is 9.59 Å². The fraction of sp³-hybridized carbons (Fsp3) is 0.688. The number of aryl methyl sites for hydroxylation is 1. The summed E-state index contributed by atoms with van der Waals surface area (Å²) in [6.07, 6.45) is 2.07. The lowest BCUT2D eigenvalue weighted by molar-refractivity contribution is -0.123. The van der Waals surface area contributed by atoms with Gasteiger partial charge in [-0.15, -0.1) is 0 Å². The Kier molecular flexibility index (Phi) is 3.71. The summed E-state index contributed by atoms with van der Waals surface area (Å²) in [5.41, 5.74) is 5.16. The fourth-order valence-corrected chi connectivity index (χ4v) is 4.12. The van der Waals surface area contributed by atoms with Crippen LogP contribution >= 0.6 is 0 Å². The molecule has 2 aliphatic rings. The van der Waals surface area contributed by atoms with Crippen molar-refractivity contribution in [1.82, 2.24) is 10.1 Å². The van der Waals surface area contributed by atoms with Gasteiger partial charge in [0.2, 0.25) is 11.7 Å². The number of aromatic nitrogens is 1. The highest BCUT2D eigenvalue weighted by molar-refractivity contribution is 5.92. The van der Waals surface area contributed by atoms with Gasteiger partial charge in [0, 0.05) is 19.0 Å². The van der Waals surface area contributed by atoms with E-state index in [0.717, 1.165) is 12.8 Å². The van der Waals surface area contributed by atoms with Crippen molar-refractivity contribution < 1.29 is 18.8 Å². The molecule has 2 N–H and O–H groups in total. The van der Waals surface area contributed by atoms with Gasteiger partial charge in [0.05, 0.1) is 29.4 Å². The molecule has 7 heteroatoms. The summed E-state index contributed by atoms with van der Waals surface area (Å²) < 4.78 is 11.2. The minimum absolute atomic E-state index is 0.114. The minimum Gasteiger partial charge on any atom is -0.370 e. The summed E-state index contributed by atoms with van der Waals surface area (Å²) in [5.74, 6) is -0.382. The Labute approximate surface area is 135 Å². The Morgan fingerprint density at radius 1 is 1.48 bits per heavy atom. The predicted octanol–water partition coefficient (Wildman–Crippen LogP) is 1.40. The number of nitrogens with zero attached hydrogens (tertiary/aromatic N) is 2. The third kappa shape index (κ3) is 2.73. The molecule has 2 atom stereocenters. The van der Waals surface area contributed by atoms with Gasteiger partial charge in [-0.1, -0.05) is 5.16 Å². The van der Waals surface area contributed by atoms with Crippen molar-refractivity contribution in [3.63, 3.8) is 0 Å². The topological polar surface area (TPSA) is 98.7 Å². The number of hydrogen-bond donors (Lipinski definition) is 1. The number of nitrogens with two attached hydrogens (primary N) is 1. The van der Waals surface area contributed by atoms with E-state index in [1.807, 2.05) is 13.8 Å². The van der Waals surface area contributed by atoms with Crippen molar-refractivity contribution in [3.8, 4) is 0 Å². The quantitative estimate of drug-likeness (QED) is 0.907. The lowest BCUT2D eigenvalue weighted by atomic mass is 9.82. The molecule has 0 saturated carbocycles. The maximum absolute atomic E-state index is 12.9. The number of hydrogen-bond acceptors (Lipinski definition) is 5. The van der Waals surface area contributed by atoms with Crippen LogP contribution in [0.1, 0.15) is 55.8 Å². The zero-order valence-electron chi connectivity index (χ0n) is 13.8. The molecule has 1 aromatic rings. The van der Waals surface area contributed by atoms with E-state index in [9.17, 15) is 9.59 Å². The van der Waals surface area contributed by atoms with Gasteiger partial charge in [-0.05, 0) is 33.6 Å². The van der Waals surface area contributed by atoms with E-state index < -0.39 is 17.0 Å². The lowest BCUT2D eigenvalue weighted by Gasteiger charge is -2.38. The number of amides is 2. The molecule has 0 radical (unpaired) electrons. The van der Waals surface area contributed by atoms with Gasteiger partial charge < -0.3 is 19.9 Å².